The number of nitrogens with zero attached hydrogens (tertiary/aromatic N) is 2. The van der Waals surface area contributed by atoms with Crippen LogP contribution in [0.4, 0.5) is 13.2 Å². The van der Waals surface area contributed by atoms with Gasteiger partial charge in [0.1, 0.15) is 11.8 Å². The van der Waals surface area contributed by atoms with Gasteiger partial charge in [-0.3, -0.25) is 4.79 Å². The van der Waals surface area contributed by atoms with E-state index in [2.05, 4.69) is 10.1 Å². The van der Waals surface area contributed by atoms with Gasteiger partial charge in [0, 0.05) is 25.2 Å². The molecule has 1 aromatic carbocycles. The fraction of sp³-hybridized carbons (Fsp3) is 0.385. The standard InChI is InChI=1S/C13H12F3N3O2/c14-13(15,16)21-11-3-1-9(2-4-11)12(20)19-6-5-18-8-10(19)7-17/h1-4,10,18H,5-6,8H2. The minimum Gasteiger partial charge on any atom is -0.406 e. The number of piperazine rings is 1. The highest BCUT2D eigenvalue weighted by atomic mass is 19.4. The summed E-state index contributed by atoms with van der Waals surface area (Å²) in [5, 5.41) is 12.0. The van der Waals surface area contributed by atoms with Crippen molar-refractivity contribution >= 4 is 5.91 Å². The SMILES string of the molecule is N#CC1CNCCN1C(=O)c1ccc(OC(F)(F)F)cc1. The molecule has 0 radical (unpaired) electrons. The van der Waals surface area contributed by atoms with Gasteiger partial charge in [-0.1, -0.05) is 0 Å². The first kappa shape index (κ1) is 15.1. The van der Waals surface area contributed by atoms with E-state index < -0.39 is 18.2 Å². The second kappa shape index (κ2) is 6.01. The van der Waals surface area contributed by atoms with Crippen molar-refractivity contribution in [2.24, 2.45) is 0 Å². The molecule has 0 aliphatic carbocycles. The summed E-state index contributed by atoms with van der Waals surface area (Å²) < 4.78 is 39.9. The maximum absolute atomic E-state index is 12.2. The summed E-state index contributed by atoms with van der Waals surface area (Å²) in [7, 11) is 0. The zero-order valence-electron chi connectivity index (χ0n) is 10.9. The number of ether oxygens (including phenoxy) is 1. The third kappa shape index (κ3) is 3.86. The molecular weight excluding hydrogens is 287 g/mol. The number of hydrogen-bond acceptors (Lipinski definition) is 4. The molecule has 2 rings (SSSR count). The molecule has 1 atom stereocenters. The maximum atomic E-state index is 12.2. The quantitative estimate of drug-likeness (QED) is 0.899. The molecule has 0 bridgehead atoms. The molecule has 8 heteroatoms. The number of hydrogen-bond donors (Lipinski definition) is 1. The topological polar surface area (TPSA) is 65.4 Å². The first-order chi connectivity index (χ1) is 9.90. The van der Waals surface area contributed by atoms with Crippen LogP contribution in [0, 0.1) is 11.3 Å². The number of benzene rings is 1. The Labute approximate surface area is 118 Å². The second-order valence-electron chi connectivity index (χ2n) is 4.42. The zero-order valence-corrected chi connectivity index (χ0v) is 10.9. The summed E-state index contributed by atoms with van der Waals surface area (Å²) in [6.45, 7) is 1.31. The predicted molar refractivity (Wildman–Crippen MR) is 66.4 cm³/mol. The predicted octanol–water partition coefficient (Wildman–Crippen LogP) is 1.52. The number of rotatable bonds is 2. The van der Waals surface area contributed by atoms with E-state index in [4.69, 9.17) is 5.26 Å². The summed E-state index contributed by atoms with van der Waals surface area (Å²) in [6, 6.07) is 6.08. The van der Waals surface area contributed by atoms with E-state index in [1.165, 1.54) is 17.0 Å². The van der Waals surface area contributed by atoms with Crippen molar-refractivity contribution in [2.75, 3.05) is 19.6 Å². The third-order valence-corrected chi connectivity index (χ3v) is 2.99. The average molecular weight is 299 g/mol. The summed E-state index contributed by atoms with van der Waals surface area (Å²) in [4.78, 5) is 13.6. The lowest BCUT2D eigenvalue weighted by Crippen LogP contribution is -2.53. The minimum atomic E-state index is -4.77. The summed E-state index contributed by atoms with van der Waals surface area (Å²) in [5.74, 6) is -0.780. The van der Waals surface area contributed by atoms with Crippen LogP contribution in [0.25, 0.3) is 0 Å². The van der Waals surface area contributed by atoms with E-state index in [1.54, 1.807) is 0 Å². The molecule has 1 heterocycles. The van der Waals surface area contributed by atoms with Gasteiger partial charge in [-0.2, -0.15) is 5.26 Å². The van der Waals surface area contributed by atoms with Crippen molar-refractivity contribution in [3.8, 4) is 11.8 Å². The van der Waals surface area contributed by atoms with Crippen molar-refractivity contribution in [1.82, 2.24) is 10.2 Å². The van der Waals surface area contributed by atoms with E-state index in [0.29, 0.717) is 19.6 Å². The van der Waals surface area contributed by atoms with Gasteiger partial charge in [0.2, 0.25) is 0 Å². The first-order valence-corrected chi connectivity index (χ1v) is 6.18. The average Bonchev–Trinajstić information content (AvgIpc) is 2.45. The van der Waals surface area contributed by atoms with Crippen LogP contribution in [0.2, 0.25) is 0 Å². The monoisotopic (exact) mass is 299 g/mol. The van der Waals surface area contributed by atoms with Gasteiger partial charge in [0.25, 0.3) is 5.91 Å². The second-order valence-corrected chi connectivity index (χ2v) is 4.42. The Bertz CT molecular complexity index is 551. The highest BCUT2D eigenvalue weighted by Gasteiger charge is 2.31. The van der Waals surface area contributed by atoms with Crippen LogP contribution in [0.15, 0.2) is 24.3 Å². The summed E-state index contributed by atoms with van der Waals surface area (Å²) in [5.41, 5.74) is 0.215. The Morgan fingerprint density at radius 1 is 1.38 bits per heavy atom. The molecular formula is C13H12F3N3O2. The smallest absolute Gasteiger partial charge is 0.406 e. The minimum absolute atomic E-state index is 0.215. The molecule has 1 aliphatic rings. The number of halogens is 3. The number of nitrogens with one attached hydrogen (secondary N) is 1. The van der Waals surface area contributed by atoms with Gasteiger partial charge in [-0.25, -0.2) is 0 Å². The van der Waals surface area contributed by atoms with Gasteiger partial charge >= 0.3 is 6.36 Å². The molecule has 1 amide bonds. The number of nitriles is 1. The van der Waals surface area contributed by atoms with Crippen LogP contribution in [-0.4, -0.2) is 42.8 Å². The largest absolute Gasteiger partial charge is 0.573 e. The fourth-order valence-corrected chi connectivity index (χ4v) is 2.03. The van der Waals surface area contributed by atoms with Crippen LogP contribution >= 0.6 is 0 Å². The van der Waals surface area contributed by atoms with Crippen LogP contribution in [0.5, 0.6) is 5.75 Å². The molecule has 1 unspecified atom stereocenters. The Balaban J connectivity index is 2.11. The molecule has 1 aliphatic heterocycles. The van der Waals surface area contributed by atoms with Gasteiger partial charge < -0.3 is 15.0 Å². The lowest BCUT2D eigenvalue weighted by Gasteiger charge is -2.32. The molecule has 1 fully saturated rings. The van der Waals surface area contributed by atoms with Crippen LogP contribution in [0.3, 0.4) is 0 Å². The van der Waals surface area contributed by atoms with Crippen molar-refractivity contribution in [3.63, 3.8) is 0 Å². The van der Waals surface area contributed by atoms with Crippen molar-refractivity contribution in [2.45, 2.75) is 12.4 Å². The number of amides is 1. The van der Waals surface area contributed by atoms with Crippen LogP contribution in [0.1, 0.15) is 10.4 Å². The maximum Gasteiger partial charge on any atom is 0.573 e. The fourth-order valence-electron chi connectivity index (χ4n) is 2.03. The zero-order chi connectivity index (χ0) is 15.5. The van der Waals surface area contributed by atoms with E-state index in [9.17, 15) is 18.0 Å². The number of carbonyl (C=O) groups excluding carboxylic acids is 1. The van der Waals surface area contributed by atoms with E-state index in [0.717, 1.165) is 12.1 Å². The molecule has 1 N–H and O–H groups in total. The molecule has 0 aromatic heterocycles. The highest BCUT2D eigenvalue weighted by Crippen LogP contribution is 2.23. The van der Waals surface area contributed by atoms with E-state index in [1.807, 2.05) is 6.07 Å². The third-order valence-electron chi connectivity index (χ3n) is 2.99. The van der Waals surface area contributed by atoms with Gasteiger partial charge in [0.05, 0.1) is 6.07 Å². The van der Waals surface area contributed by atoms with E-state index >= 15 is 0 Å². The first-order valence-electron chi connectivity index (χ1n) is 6.18. The number of carbonyl (C=O) groups is 1. The van der Waals surface area contributed by atoms with Gasteiger partial charge in [-0.15, -0.1) is 13.2 Å². The molecule has 112 valence electrons. The Hall–Kier alpha value is -2.27. The van der Waals surface area contributed by atoms with Crippen molar-refractivity contribution < 1.29 is 22.7 Å². The van der Waals surface area contributed by atoms with Crippen LogP contribution < -0.4 is 10.1 Å². The lowest BCUT2D eigenvalue weighted by molar-refractivity contribution is -0.274. The van der Waals surface area contributed by atoms with Gasteiger partial charge in [-0.05, 0) is 24.3 Å². The van der Waals surface area contributed by atoms with Crippen LogP contribution in [-0.2, 0) is 0 Å². The normalized spacial score (nSPS) is 19.0. The Kier molecular flexibility index (Phi) is 4.33. The molecule has 0 spiro atoms. The summed E-state index contributed by atoms with van der Waals surface area (Å²) >= 11 is 0. The van der Waals surface area contributed by atoms with Crippen molar-refractivity contribution in [3.05, 3.63) is 29.8 Å². The molecule has 0 saturated carbocycles. The Morgan fingerprint density at radius 3 is 2.62 bits per heavy atom. The number of alkyl halides is 3. The lowest BCUT2D eigenvalue weighted by atomic mass is 10.1. The van der Waals surface area contributed by atoms with Crippen molar-refractivity contribution in [1.29, 1.82) is 5.26 Å². The highest BCUT2D eigenvalue weighted by molar-refractivity contribution is 5.94. The molecule has 5 nitrogen and oxygen atoms in total. The summed E-state index contributed by atoms with van der Waals surface area (Å²) in [6.07, 6.45) is -4.77. The van der Waals surface area contributed by atoms with E-state index in [-0.39, 0.29) is 11.5 Å². The molecule has 1 saturated heterocycles. The molecule has 21 heavy (non-hydrogen) atoms. The van der Waals surface area contributed by atoms with Gasteiger partial charge in [0.15, 0.2) is 0 Å². The Morgan fingerprint density at radius 2 is 2.05 bits per heavy atom. The molecule has 1 aromatic rings.